The molecule has 0 aliphatic carbocycles. The number of ether oxygens (including phenoxy) is 5. The summed E-state index contributed by atoms with van der Waals surface area (Å²) in [6.07, 6.45) is 5.44. The normalized spacial score (nSPS) is 18.7. The molecule has 2 aromatic carbocycles. The highest BCUT2D eigenvalue weighted by Crippen LogP contribution is 2.29. The van der Waals surface area contributed by atoms with E-state index in [4.69, 9.17) is 35.3 Å². The molecule has 1 saturated heterocycles. The molecule has 0 amide bonds. The van der Waals surface area contributed by atoms with Crippen molar-refractivity contribution < 1.29 is 23.7 Å². The molecule has 0 spiro atoms. The van der Waals surface area contributed by atoms with Crippen molar-refractivity contribution in [3.63, 3.8) is 0 Å². The lowest BCUT2D eigenvalue weighted by atomic mass is 10.1. The van der Waals surface area contributed by atoms with E-state index in [2.05, 4.69) is 16.0 Å². The van der Waals surface area contributed by atoms with Crippen molar-refractivity contribution in [1.82, 2.24) is 14.5 Å². The molecule has 0 saturated carbocycles. The monoisotopic (exact) mass is 501 g/mol. The summed E-state index contributed by atoms with van der Waals surface area (Å²) in [5.74, 6) is 2.14. The number of imidazole rings is 1. The van der Waals surface area contributed by atoms with Crippen molar-refractivity contribution in [3.05, 3.63) is 71.8 Å². The van der Waals surface area contributed by atoms with Crippen molar-refractivity contribution >= 4 is 11.6 Å². The lowest BCUT2D eigenvalue weighted by Gasteiger charge is -2.34. The van der Waals surface area contributed by atoms with E-state index in [1.807, 2.05) is 41.1 Å². The number of benzene rings is 2. The molecule has 1 aliphatic rings. The van der Waals surface area contributed by atoms with Crippen molar-refractivity contribution in [2.75, 3.05) is 53.7 Å². The average Bonchev–Trinajstić information content (AvgIpc) is 3.31. The molecule has 0 N–H and O–H groups in total. The maximum Gasteiger partial charge on any atom is 0.161 e. The molecule has 0 radical (unpaired) electrons. The Balaban J connectivity index is 1.38. The smallest absolute Gasteiger partial charge is 0.161 e. The Labute approximate surface area is 211 Å². The Hall–Kier alpha value is -2.78. The standard InChI is InChI=1S/C26H32ClN3O5/c1-31-25-14-21(6-7-24(25)34-13-11-29-9-8-28-20-29)16-30-10-12-33-18-26(17-30,32-2)19-35-23-5-3-4-22(27)15-23/h3-9,14-15,20H,10-13,16-19H2,1-2H3/t26-/m0/s1. The molecule has 8 nitrogen and oxygen atoms in total. The number of methoxy groups -OCH3 is 2. The summed E-state index contributed by atoms with van der Waals surface area (Å²) in [7, 11) is 3.36. The van der Waals surface area contributed by atoms with Gasteiger partial charge >= 0.3 is 0 Å². The van der Waals surface area contributed by atoms with Crippen LogP contribution in [0.3, 0.4) is 0 Å². The van der Waals surface area contributed by atoms with Gasteiger partial charge in [-0.25, -0.2) is 4.98 Å². The average molecular weight is 502 g/mol. The maximum atomic E-state index is 6.09. The minimum atomic E-state index is -0.598. The number of rotatable bonds is 11. The topological polar surface area (TPSA) is 67.2 Å². The van der Waals surface area contributed by atoms with Crippen molar-refractivity contribution in [2.24, 2.45) is 0 Å². The summed E-state index contributed by atoms with van der Waals surface area (Å²) in [4.78, 5) is 6.36. The van der Waals surface area contributed by atoms with Gasteiger partial charge in [0.25, 0.3) is 0 Å². The zero-order chi connectivity index (χ0) is 24.5. The summed E-state index contributed by atoms with van der Waals surface area (Å²) >= 11 is 6.09. The third-order valence-corrected chi connectivity index (χ3v) is 6.20. The van der Waals surface area contributed by atoms with Gasteiger partial charge in [0.1, 0.15) is 24.6 Å². The van der Waals surface area contributed by atoms with E-state index >= 15 is 0 Å². The fourth-order valence-corrected chi connectivity index (χ4v) is 4.21. The van der Waals surface area contributed by atoms with Gasteiger partial charge in [-0.1, -0.05) is 23.7 Å². The Kier molecular flexibility index (Phi) is 8.87. The minimum Gasteiger partial charge on any atom is -0.493 e. The van der Waals surface area contributed by atoms with Crippen LogP contribution in [-0.4, -0.2) is 73.8 Å². The van der Waals surface area contributed by atoms with Crippen LogP contribution in [0, 0.1) is 0 Å². The van der Waals surface area contributed by atoms with Crippen LogP contribution in [0.15, 0.2) is 61.2 Å². The zero-order valence-corrected chi connectivity index (χ0v) is 20.9. The molecule has 0 bridgehead atoms. The van der Waals surface area contributed by atoms with E-state index in [1.54, 1.807) is 32.8 Å². The van der Waals surface area contributed by atoms with Gasteiger partial charge in [-0.15, -0.1) is 0 Å². The number of hydrogen-bond donors (Lipinski definition) is 0. The molecule has 3 aromatic rings. The quantitative estimate of drug-likeness (QED) is 0.394. The Morgan fingerprint density at radius 3 is 2.80 bits per heavy atom. The number of aromatic nitrogens is 2. The first-order valence-electron chi connectivity index (χ1n) is 11.6. The van der Waals surface area contributed by atoms with Crippen LogP contribution in [0.25, 0.3) is 0 Å². The SMILES string of the molecule is COc1cc(CN2CCOC[C@@](COc3cccc(Cl)c3)(OC)C2)ccc1OCCn1ccnc1. The molecule has 1 aliphatic heterocycles. The Morgan fingerprint density at radius 2 is 2.03 bits per heavy atom. The lowest BCUT2D eigenvalue weighted by Crippen LogP contribution is -2.50. The molecule has 9 heteroatoms. The van der Waals surface area contributed by atoms with Crippen LogP contribution in [0.2, 0.25) is 5.02 Å². The highest BCUT2D eigenvalue weighted by atomic mass is 35.5. The van der Waals surface area contributed by atoms with Crippen molar-refractivity contribution in [1.29, 1.82) is 0 Å². The van der Waals surface area contributed by atoms with Gasteiger partial charge in [-0.3, -0.25) is 4.90 Å². The van der Waals surface area contributed by atoms with Crippen LogP contribution in [0.4, 0.5) is 0 Å². The van der Waals surface area contributed by atoms with Crippen LogP contribution in [0.5, 0.6) is 17.2 Å². The minimum absolute atomic E-state index is 0.355. The summed E-state index contributed by atoms with van der Waals surface area (Å²) in [6.45, 7) is 4.84. The third-order valence-electron chi connectivity index (χ3n) is 5.96. The molecule has 0 unspecified atom stereocenters. The van der Waals surface area contributed by atoms with Crippen LogP contribution in [0.1, 0.15) is 5.56 Å². The highest BCUT2D eigenvalue weighted by molar-refractivity contribution is 6.30. The Bertz CT molecular complexity index is 1060. The van der Waals surface area contributed by atoms with E-state index in [0.29, 0.717) is 49.5 Å². The van der Waals surface area contributed by atoms with Gasteiger partial charge in [-0.2, -0.15) is 0 Å². The molecule has 1 fully saturated rings. The largest absolute Gasteiger partial charge is 0.493 e. The van der Waals surface area contributed by atoms with E-state index in [9.17, 15) is 0 Å². The predicted octanol–water partition coefficient (Wildman–Crippen LogP) is 3.92. The number of halogens is 1. The van der Waals surface area contributed by atoms with Crippen LogP contribution in [-0.2, 0) is 22.6 Å². The van der Waals surface area contributed by atoms with Gasteiger partial charge in [0, 0.05) is 44.2 Å². The van der Waals surface area contributed by atoms with E-state index in [1.165, 1.54) is 0 Å². The molecule has 35 heavy (non-hydrogen) atoms. The molecule has 4 rings (SSSR count). The molecule has 1 aromatic heterocycles. The summed E-state index contributed by atoms with van der Waals surface area (Å²) < 4.78 is 31.4. The van der Waals surface area contributed by atoms with E-state index in [-0.39, 0.29) is 0 Å². The first kappa shape index (κ1) is 25.3. The first-order valence-corrected chi connectivity index (χ1v) is 12.0. The second kappa shape index (κ2) is 12.3. The summed E-state index contributed by atoms with van der Waals surface area (Å²) in [5.41, 5.74) is 0.519. The predicted molar refractivity (Wildman–Crippen MR) is 133 cm³/mol. The number of nitrogens with zero attached hydrogens (tertiary/aromatic N) is 3. The van der Waals surface area contributed by atoms with Gasteiger partial charge in [-0.05, 0) is 35.9 Å². The summed E-state index contributed by atoms with van der Waals surface area (Å²) in [6, 6.07) is 13.4. The van der Waals surface area contributed by atoms with Gasteiger partial charge in [0.05, 0.1) is 33.2 Å². The fourth-order valence-electron chi connectivity index (χ4n) is 4.03. The van der Waals surface area contributed by atoms with Gasteiger partial charge in [0.2, 0.25) is 0 Å². The zero-order valence-electron chi connectivity index (χ0n) is 20.2. The van der Waals surface area contributed by atoms with Crippen LogP contribution < -0.4 is 14.2 Å². The summed E-state index contributed by atoms with van der Waals surface area (Å²) in [5, 5.41) is 0.635. The second-order valence-corrected chi connectivity index (χ2v) is 8.97. The number of hydrogen-bond acceptors (Lipinski definition) is 7. The lowest BCUT2D eigenvalue weighted by molar-refractivity contribution is -0.0925. The third kappa shape index (κ3) is 7.11. The molecular weight excluding hydrogens is 470 g/mol. The second-order valence-electron chi connectivity index (χ2n) is 8.53. The first-order chi connectivity index (χ1) is 17.1. The molecular formula is C26H32ClN3O5. The molecule has 1 atom stereocenters. The fraction of sp³-hybridized carbons (Fsp3) is 0.423. The molecule has 2 heterocycles. The van der Waals surface area contributed by atoms with Crippen molar-refractivity contribution in [3.8, 4) is 17.2 Å². The van der Waals surface area contributed by atoms with E-state index < -0.39 is 5.60 Å². The highest BCUT2D eigenvalue weighted by Gasteiger charge is 2.36. The van der Waals surface area contributed by atoms with Gasteiger partial charge < -0.3 is 28.3 Å². The van der Waals surface area contributed by atoms with Crippen LogP contribution >= 0.6 is 11.6 Å². The van der Waals surface area contributed by atoms with Crippen molar-refractivity contribution in [2.45, 2.75) is 18.7 Å². The Morgan fingerprint density at radius 1 is 1.11 bits per heavy atom. The van der Waals surface area contributed by atoms with Gasteiger partial charge in [0.15, 0.2) is 11.5 Å². The van der Waals surface area contributed by atoms with E-state index in [0.717, 1.165) is 30.9 Å². The molecule has 188 valence electrons. The maximum absolute atomic E-state index is 6.09.